The summed E-state index contributed by atoms with van der Waals surface area (Å²) in [5.41, 5.74) is 6.23. The van der Waals surface area contributed by atoms with Crippen molar-refractivity contribution in [2.45, 2.75) is 13.8 Å². The van der Waals surface area contributed by atoms with Gasteiger partial charge in [0.2, 0.25) is 0 Å². The van der Waals surface area contributed by atoms with E-state index in [2.05, 4.69) is 29.6 Å². The van der Waals surface area contributed by atoms with E-state index in [1.165, 1.54) is 18.4 Å². The molecule has 0 bridgehead atoms. The Bertz CT molecular complexity index is 687. The molecule has 0 saturated carbocycles. The summed E-state index contributed by atoms with van der Waals surface area (Å²) >= 11 is 0. The van der Waals surface area contributed by atoms with Crippen LogP contribution in [0, 0.1) is 0 Å². The van der Waals surface area contributed by atoms with Gasteiger partial charge in [0.05, 0.1) is 6.26 Å². The third-order valence-electron chi connectivity index (χ3n) is 3.50. The molecule has 0 atom stereocenters. The number of hydrogen-bond acceptors (Lipinski definition) is 4. The maximum Gasteiger partial charge on any atom is 0.269 e. The van der Waals surface area contributed by atoms with E-state index in [1.807, 2.05) is 12.1 Å². The highest BCUT2D eigenvalue weighted by Crippen LogP contribution is 2.14. The van der Waals surface area contributed by atoms with Gasteiger partial charge in [0.1, 0.15) is 5.76 Å². The number of rotatable bonds is 6. The maximum atomic E-state index is 12.0. The minimum Gasteiger partial charge on any atom is -0.465 e. The second-order valence-corrected chi connectivity index (χ2v) is 5.01. The average Bonchev–Trinajstić information content (AvgIpc) is 3.13. The van der Waals surface area contributed by atoms with Crippen molar-refractivity contribution in [1.29, 1.82) is 0 Å². The second kappa shape index (κ2) is 8.57. The molecule has 0 aliphatic rings. The van der Waals surface area contributed by atoms with Crippen LogP contribution in [0.1, 0.15) is 30.0 Å². The molecular weight excluding hydrogens is 306 g/mol. The fourth-order valence-electron chi connectivity index (χ4n) is 2.19. The van der Waals surface area contributed by atoms with E-state index >= 15 is 0 Å². The van der Waals surface area contributed by atoms with Gasteiger partial charge in [-0.25, -0.2) is 0 Å². The van der Waals surface area contributed by atoms with Gasteiger partial charge in [0, 0.05) is 30.4 Å². The molecular formula is C18H21N3O3. The minimum atomic E-state index is -0.445. The van der Waals surface area contributed by atoms with Crippen LogP contribution in [0.15, 0.2) is 53.2 Å². The summed E-state index contributed by atoms with van der Waals surface area (Å²) in [6, 6.07) is 10.7. The van der Waals surface area contributed by atoms with E-state index in [0.29, 0.717) is 11.3 Å². The molecule has 1 heterocycles. The van der Waals surface area contributed by atoms with E-state index in [4.69, 9.17) is 4.42 Å². The third-order valence-corrected chi connectivity index (χ3v) is 3.50. The summed E-state index contributed by atoms with van der Waals surface area (Å²) in [6.45, 7) is 5.96. The Morgan fingerprint density at radius 3 is 2.38 bits per heavy atom. The van der Waals surface area contributed by atoms with E-state index in [0.717, 1.165) is 18.8 Å². The lowest BCUT2D eigenvalue weighted by atomic mass is 10.2. The van der Waals surface area contributed by atoms with Crippen LogP contribution in [0.5, 0.6) is 0 Å². The molecule has 0 aliphatic heterocycles. The van der Waals surface area contributed by atoms with E-state index < -0.39 is 5.91 Å². The van der Waals surface area contributed by atoms with Gasteiger partial charge in [-0.2, -0.15) is 0 Å². The van der Waals surface area contributed by atoms with E-state index in [-0.39, 0.29) is 5.91 Å². The molecule has 0 unspecified atom stereocenters. The van der Waals surface area contributed by atoms with Crippen molar-refractivity contribution < 1.29 is 14.0 Å². The number of furan rings is 1. The van der Waals surface area contributed by atoms with Crippen molar-refractivity contribution in [3.8, 4) is 0 Å². The molecule has 2 rings (SSSR count). The minimum absolute atomic E-state index is 0.374. The van der Waals surface area contributed by atoms with Gasteiger partial charge >= 0.3 is 0 Å². The van der Waals surface area contributed by atoms with Crippen LogP contribution in [0.4, 0.5) is 5.69 Å². The highest BCUT2D eigenvalue weighted by Gasteiger charge is 2.07. The van der Waals surface area contributed by atoms with Crippen molar-refractivity contribution in [3.05, 3.63) is 60.1 Å². The Morgan fingerprint density at radius 2 is 1.79 bits per heavy atom. The highest BCUT2D eigenvalue weighted by atomic mass is 16.3. The zero-order valence-electron chi connectivity index (χ0n) is 13.8. The van der Waals surface area contributed by atoms with E-state index in [1.54, 1.807) is 24.3 Å². The van der Waals surface area contributed by atoms with Crippen LogP contribution in [-0.4, -0.2) is 24.9 Å². The number of carbonyl (C=O) groups is 2. The predicted molar refractivity (Wildman–Crippen MR) is 93.4 cm³/mol. The molecule has 2 N–H and O–H groups in total. The van der Waals surface area contributed by atoms with Crippen molar-refractivity contribution in [1.82, 2.24) is 10.9 Å². The monoisotopic (exact) mass is 327 g/mol. The largest absolute Gasteiger partial charge is 0.465 e. The van der Waals surface area contributed by atoms with Gasteiger partial charge in [-0.05, 0) is 56.3 Å². The molecule has 6 heteroatoms. The van der Waals surface area contributed by atoms with Gasteiger partial charge in [-0.1, -0.05) is 0 Å². The third kappa shape index (κ3) is 4.74. The Labute approximate surface area is 141 Å². The summed E-state index contributed by atoms with van der Waals surface area (Å²) in [5.74, 6) is -0.260. The molecule has 0 saturated heterocycles. The fraction of sp³-hybridized carbons (Fsp3) is 0.222. The first-order valence-corrected chi connectivity index (χ1v) is 7.81. The standard InChI is InChI=1S/C18H21N3O3/c1-3-21(4-2)15-9-7-14(8-10-15)18(23)20-19-17(22)12-11-16-6-5-13-24-16/h5-13H,3-4H2,1-2H3,(H,19,22)(H,20,23)/b12-11+. The van der Waals surface area contributed by atoms with Crippen LogP contribution in [-0.2, 0) is 4.79 Å². The van der Waals surface area contributed by atoms with Crippen LogP contribution < -0.4 is 15.8 Å². The van der Waals surface area contributed by atoms with Gasteiger partial charge < -0.3 is 9.32 Å². The topological polar surface area (TPSA) is 74.6 Å². The number of nitrogens with zero attached hydrogens (tertiary/aromatic N) is 1. The number of amides is 2. The van der Waals surface area contributed by atoms with Crippen molar-refractivity contribution in [3.63, 3.8) is 0 Å². The summed E-state index contributed by atoms with van der Waals surface area (Å²) in [7, 11) is 0. The SMILES string of the molecule is CCN(CC)c1ccc(C(=O)NNC(=O)/C=C/c2ccco2)cc1. The maximum absolute atomic E-state index is 12.0. The number of nitrogens with one attached hydrogen (secondary N) is 2. The Hall–Kier alpha value is -3.02. The zero-order valence-corrected chi connectivity index (χ0v) is 13.8. The molecule has 1 aromatic carbocycles. The molecule has 24 heavy (non-hydrogen) atoms. The molecule has 2 aromatic rings. The lowest BCUT2D eigenvalue weighted by Crippen LogP contribution is -2.40. The normalized spacial score (nSPS) is 10.6. The summed E-state index contributed by atoms with van der Waals surface area (Å²) in [5, 5.41) is 0. The number of carbonyl (C=O) groups excluding carboxylic acids is 2. The Morgan fingerprint density at radius 1 is 1.08 bits per heavy atom. The number of anilines is 1. The van der Waals surface area contributed by atoms with Crippen LogP contribution in [0.25, 0.3) is 6.08 Å². The van der Waals surface area contributed by atoms with Gasteiger partial charge in [0.15, 0.2) is 0 Å². The van der Waals surface area contributed by atoms with Gasteiger partial charge in [-0.3, -0.25) is 20.4 Å². The number of hydrogen-bond donors (Lipinski definition) is 2. The molecule has 2 amide bonds. The second-order valence-electron chi connectivity index (χ2n) is 5.01. The quantitative estimate of drug-likeness (QED) is 0.632. The molecule has 0 spiro atoms. The average molecular weight is 327 g/mol. The summed E-state index contributed by atoms with van der Waals surface area (Å²) in [6.07, 6.45) is 4.31. The number of hydrazine groups is 1. The smallest absolute Gasteiger partial charge is 0.269 e. The first kappa shape index (κ1) is 17.3. The molecule has 6 nitrogen and oxygen atoms in total. The van der Waals surface area contributed by atoms with Gasteiger partial charge in [0.25, 0.3) is 11.8 Å². The van der Waals surface area contributed by atoms with Crippen LogP contribution >= 0.6 is 0 Å². The molecule has 1 aromatic heterocycles. The van der Waals surface area contributed by atoms with Gasteiger partial charge in [-0.15, -0.1) is 0 Å². The molecule has 0 fully saturated rings. The molecule has 0 radical (unpaired) electrons. The number of benzene rings is 1. The first-order chi connectivity index (χ1) is 11.6. The van der Waals surface area contributed by atoms with Crippen molar-refractivity contribution in [2.75, 3.05) is 18.0 Å². The zero-order chi connectivity index (χ0) is 17.4. The Balaban J connectivity index is 1.87. The predicted octanol–water partition coefficient (Wildman–Crippen LogP) is 2.60. The summed E-state index contributed by atoms with van der Waals surface area (Å²) < 4.78 is 5.07. The van der Waals surface area contributed by atoms with Crippen LogP contribution in [0.3, 0.4) is 0 Å². The lowest BCUT2D eigenvalue weighted by molar-refractivity contribution is -0.117. The lowest BCUT2D eigenvalue weighted by Gasteiger charge is -2.21. The molecule has 126 valence electrons. The van der Waals surface area contributed by atoms with Crippen LogP contribution in [0.2, 0.25) is 0 Å². The fourth-order valence-corrected chi connectivity index (χ4v) is 2.19. The Kier molecular flexibility index (Phi) is 6.19. The highest BCUT2D eigenvalue weighted by molar-refractivity contribution is 5.98. The van der Waals surface area contributed by atoms with Crippen molar-refractivity contribution >= 4 is 23.6 Å². The van der Waals surface area contributed by atoms with Crippen molar-refractivity contribution in [2.24, 2.45) is 0 Å². The van der Waals surface area contributed by atoms with E-state index in [9.17, 15) is 9.59 Å². The summed E-state index contributed by atoms with van der Waals surface area (Å²) in [4.78, 5) is 25.8. The molecule has 0 aliphatic carbocycles. The first-order valence-electron chi connectivity index (χ1n) is 7.81.